The predicted molar refractivity (Wildman–Crippen MR) is 128 cm³/mol. The summed E-state index contributed by atoms with van der Waals surface area (Å²) in [5.41, 5.74) is 1.18. The molecule has 2 aliphatic rings. The summed E-state index contributed by atoms with van der Waals surface area (Å²) in [6.07, 6.45) is -5.74. The number of carbonyl (C=O) groups excluding carboxylic acids is 1. The number of aliphatic hydroxyl groups excluding tert-OH is 4. The van der Waals surface area contributed by atoms with Gasteiger partial charge < -0.3 is 50.0 Å². The van der Waals surface area contributed by atoms with Gasteiger partial charge in [0.1, 0.15) is 65.3 Å². The first kappa shape index (κ1) is 26.7. The van der Waals surface area contributed by atoms with Crippen molar-refractivity contribution in [1.29, 1.82) is 0 Å². The Hall–Kier alpha value is -3.35. The molecule has 2 heterocycles. The third-order valence-corrected chi connectivity index (χ3v) is 6.49. The highest BCUT2D eigenvalue weighted by molar-refractivity contribution is 6.07. The Morgan fingerprint density at radius 1 is 1.08 bits per heavy atom. The van der Waals surface area contributed by atoms with E-state index >= 15 is 0 Å². The Morgan fingerprint density at radius 2 is 1.81 bits per heavy atom. The number of phenols is 3. The highest BCUT2D eigenvalue weighted by Crippen LogP contribution is 2.46. The van der Waals surface area contributed by atoms with Crippen molar-refractivity contribution < 1.29 is 54.8 Å². The molecule has 0 radical (unpaired) electrons. The van der Waals surface area contributed by atoms with Crippen LogP contribution in [0.3, 0.4) is 0 Å². The Labute approximate surface area is 212 Å². The fourth-order valence-corrected chi connectivity index (χ4v) is 4.39. The normalized spacial score (nSPS) is 27.2. The van der Waals surface area contributed by atoms with Crippen LogP contribution >= 0.6 is 0 Å². The van der Waals surface area contributed by atoms with Gasteiger partial charge >= 0.3 is 0 Å². The summed E-state index contributed by atoms with van der Waals surface area (Å²) < 4.78 is 17.0. The third-order valence-electron chi connectivity index (χ3n) is 6.49. The second-order valence-electron chi connectivity index (χ2n) is 9.35. The number of ether oxygens (including phenoxy) is 3. The minimum absolute atomic E-state index is 0.00226. The molecule has 0 aromatic heterocycles. The van der Waals surface area contributed by atoms with Crippen LogP contribution in [-0.2, 0) is 11.2 Å². The number of aliphatic hydroxyl groups is 4. The van der Waals surface area contributed by atoms with Gasteiger partial charge in [0.05, 0.1) is 12.5 Å². The zero-order chi connectivity index (χ0) is 27.0. The summed E-state index contributed by atoms with van der Waals surface area (Å²) in [6.45, 7) is 2.86. The van der Waals surface area contributed by atoms with Crippen molar-refractivity contribution in [3.63, 3.8) is 0 Å². The number of hydrogen-bond donors (Lipinski definition) is 7. The first-order valence-corrected chi connectivity index (χ1v) is 11.7. The fraction of sp³-hybridized carbons (Fsp3) is 0.423. The van der Waals surface area contributed by atoms with E-state index in [0.717, 1.165) is 11.6 Å². The number of fused-ring (bicyclic) bond motifs is 1. The second-order valence-corrected chi connectivity index (χ2v) is 9.35. The van der Waals surface area contributed by atoms with E-state index in [1.807, 2.05) is 13.8 Å². The van der Waals surface area contributed by atoms with Crippen LogP contribution in [0.2, 0.25) is 0 Å². The standard InChI is InChI=1S/C26H30O11/c1-11(2)3-5-14-17(36-26-25(34)24(33)23(32)19(9-27)37-26)8-18-20(21(14)30)22(31)15(10-35-18)13-6-4-12(28)7-16(13)29/h3-4,6-8,15,19,23-30,32-34H,5,9-10H2,1-2H3/t15-,19+,23+,24-,25+,26+/m0/s1. The zero-order valence-corrected chi connectivity index (χ0v) is 20.2. The van der Waals surface area contributed by atoms with E-state index < -0.39 is 54.8 Å². The van der Waals surface area contributed by atoms with Gasteiger partial charge in [-0.1, -0.05) is 17.7 Å². The maximum Gasteiger partial charge on any atom is 0.229 e. The van der Waals surface area contributed by atoms with Gasteiger partial charge in [-0.05, 0) is 26.3 Å². The lowest BCUT2D eigenvalue weighted by atomic mass is 9.86. The average molecular weight is 519 g/mol. The molecule has 7 N–H and O–H groups in total. The van der Waals surface area contributed by atoms with Gasteiger partial charge in [-0.2, -0.15) is 0 Å². The van der Waals surface area contributed by atoms with Crippen molar-refractivity contribution in [1.82, 2.24) is 0 Å². The van der Waals surface area contributed by atoms with Gasteiger partial charge in [0.25, 0.3) is 0 Å². The van der Waals surface area contributed by atoms with E-state index in [1.54, 1.807) is 6.08 Å². The molecule has 0 bridgehead atoms. The lowest BCUT2D eigenvalue weighted by Gasteiger charge is -2.40. The molecule has 4 rings (SSSR count). The monoisotopic (exact) mass is 518 g/mol. The molecule has 6 atom stereocenters. The van der Waals surface area contributed by atoms with Gasteiger partial charge in [-0.15, -0.1) is 0 Å². The summed E-state index contributed by atoms with van der Waals surface area (Å²) in [5, 5.41) is 71.1. The summed E-state index contributed by atoms with van der Waals surface area (Å²) in [4.78, 5) is 13.5. The number of Topliss-reactive ketones (excluding diaryl/α,β-unsaturated/α-hetero) is 1. The smallest absolute Gasteiger partial charge is 0.229 e. The predicted octanol–water partition coefficient (Wildman–Crippen LogP) is 0.850. The van der Waals surface area contributed by atoms with Crippen molar-refractivity contribution >= 4 is 5.78 Å². The van der Waals surface area contributed by atoms with Crippen LogP contribution in [0.25, 0.3) is 0 Å². The number of phenolic OH excluding ortho intramolecular Hbond substituents is 3. The van der Waals surface area contributed by atoms with Crippen LogP contribution in [0.15, 0.2) is 35.9 Å². The Kier molecular flexibility index (Phi) is 7.62. The Balaban J connectivity index is 1.74. The number of benzene rings is 2. The molecule has 0 unspecified atom stereocenters. The van der Waals surface area contributed by atoms with E-state index in [1.165, 1.54) is 18.2 Å². The van der Waals surface area contributed by atoms with Crippen LogP contribution in [-0.4, -0.2) is 85.4 Å². The molecule has 11 heteroatoms. The van der Waals surface area contributed by atoms with Gasteiger partial charge in [-0.25, -0.2) is 0 Å². The van der Waals surface area contributed by atoms with Crippen LogP contribution < -0.4 is 9.47 Å². The molecule has 0 saturated carbocycles. The molecular formula is C26H30O11. The Bertz CT molecular complexity index is 1200. The van der Waals surface area contributed by atoms with Crippen molar-refractivity contribution in [3.8, 4) is 28.7 Å². The van der Waals surface area contributed by atoms with Gasteiger partial charge in [0.2, 0.25) is 6.29 Å². The molecule has 2 aromatic carbocycles. The maximum absolute atomic E-state index is 13.5. The quantitative estimate of drug-likeness (QED) is 0.269. The van der Waals surface area contributed by atoms with Crippen molar-refractivity contribution in [2.24, 2.45) is 0 Å². The second kappa shape index (κ2) is 10.6. The molecule has 1 fully saturated rings. The lowest BCUT2D eigenvalue weighted by Crippen LogP contribution is -2.60. The van der Waals surface area contributed by atoms with Crippen LogP contribution in [0.1, 0.15) is 41.3 Å². The van der Waals surface area contributed by atoms with E-state index in [4.69, 9.17) is 14.2 Å². The van der Waals surface area contributed by atoms with E-state index in [2.05, 4.69) is 0 Å². The van der Waals surface area contributed by atoms with Crippen molar-refractivity contribution in [2.75, 3.05) is 13.2 Å². The topological polar surface area (TPSA) is 186 Å². The van der Waals surface area contributed by atoms with Crippen molar-refractivity contribution in [2.45, 2.75) is 56.9 Å². The molecule has 0 aliphatic carbocycles. The maximum atomic E-state index is 13.5. The summed E-state index contributed by atoms with van der Waals surface area (Å²) >= 11 is 0. The van der Waals surface area contributed by atoms with Crippen LogP contribution in [0.5, 0.6) is 28.7 Å². The molecular weight excluding hydrogens is 488 g/mol. The fourth-order valence-electron chi connectivity index (χ4n) is 4.39. The molecule has 2 aromatic rings. The van der Waals surface area contributed by atoms with Crippen LogP contribution in [0, 0.1) is 0 Å². The number of hydrogen-bond acceptors (Lipinski definition) is 11. The first-order valence-electron chi connectivity index (χ1n) is 11.7. The number of aromatic hydroxyl groups is 3. The van der Waals surface area contributed by atoms with E-state index in [0.29, 0.717) is 0 Å². The van der Waals surface area contributed by atoms with Gasteiger partial charge in [0, 0.05) is 23.3 Å². The molecule has 0 spiro atoms. The van der Waals surface area contributed by atoms with Crippen molar-refractivity contribution in [3.05, 3.63) is 52.6 Å². The van der Waals surface area contributed by atoms with Gasteiger partial charge in [-0.3, -0.25) is 4.79 Å². The van der Waals surface area contributed by atoms with E-state index in [9.17, 15) is 40.5 Å². The van der Waals surface area contributed by atoms with Crippen LogP contribution in [0.4, 0.5) is 0 Å². The number of allylic oxidation sites excluding steroid dienone is 2. The minimum Gasteiger partial charge on any atom is -0.508 e. The first-order chi connectivity index (χ1) is 17.5. The number of rotatable bonds is 6. The largest absolute Gasteiger partial charge is 0.508 e. The summed E-state index contributed by atoms with van der Waals surface area (Å²) in [5.74, 6) is -2.37. The highest BCUT2D eigenvalue weighted by Gasteiger charge is 2.45. The average Bonchev–Trinajstić information content (AvgIpc) is 2.84. The SMILES string of the molecule is CC(C)=CCc1c(O[C@@H]2O[C@H](CO)[C@@H](O)[C@H](O)[C@H]2O)cc2c(c1O)C(=O)[C@H](c1ccc(O)cc1O)CO2. The van der Waals surface area contributed by atoms with E-state index in [-0.39, 0.29) is 52.7 Å². The highest BCUT2D eigenvalue weighted by atomic mass is 16.7. The minimum atomic E-state index is -1.68. The molecule has 11 nitrogen and oxygen atoms in total. The molecule has 1 saturated heterocycles. The lowest BCUT2D eigenvalue weighted by molar-refractivity contribution is -0.277. The molecule has 2 aliphatic heterocycles. The number of carbonyl (C=O) groups is 1. The zero-order valence-electron chi connectivity index (χ0n) is 20.2. The molecule has 37 heavy (non-hydrogen) atoms. The summed E-state index contributed by atoms with van der Waals surface area (Å²) in [7, 11) is 0. The molecule has 200 valence electrons. The van der Waals surface area contributed by atoms with Gasteiger partial charge in [0.15, 0.2) is 5.78 Å². The third kappa shape index (κ3) is 5.09. The molecule has 0 amide bonds. The summed E-state index contributed by atoms with van der Waals surface area (Å²) in [6, 6.07) is 5.19. The Morgan fingerprint density at radius 3 is 2.46 bits per heavy atom. The number of ketones is 1.